The number of hydrogen-bond donors (Lipinski definition) is 3. The zero-order valence-electron chi connectivity index (χ0n) is 5.67. The van der Waals surface area contributed by atoms with Gasteiger partial charge in [-0.3, -0.25) is 0 Å². The summed E-state index contributed by atoms with van der Waals surface area (Å²) in [6, 6.07) is 7.44. The van der Waals surface area contributed by atoms with Gasteiger partial charge >= 0.3 is 0 Å². The molecule has 1 rings (SSSR count). The third-order valence-electron chi connectivity index (χ3n) is 1.22. The molecule has 0 radical (unpaired) electrons. The molecule has 5 N–H and O–H groups in total. The number of benzene rings is 1. The van der Waals surface area contributed by atoms with Gasteiger partial charge in [0.1, 0.15) is 0 Å². The molecule has 0 heterocycles. The van der Waals surface area contributed by atoms with E-state index in [1.165, 1.54) is 0 Å². The van der Waals surface area contributed by atoms with Crippen molar-refractivity contribution in [3.63, 3.8) is 0 Å². The summed E-state index contributed by atoms with van der Waals surface area (Å²) in [5.41, 5.74) is 12.5. The van der Waals surface area contributed by atoms with Crippen LogP contribution in [-0.4, -0.2) is 6.67 Å². The maximum absolute atomic E-state index is 5.46. The van der Waals surface area contributed by atoms with Crippen LogP contribution in [0.3, 0.4) is 0 Å². The molecule has 0 saturated carbocycles. The maximum atomic E-state index is 5.46. The Morgan fingerprint density at radius 1 is 1.20 bits per heavy atom. The van der Waals surface area contributed by atoms with Gasteiger partial charge in [-0.1, -0.05) is 0 Å². The summed E-state index contributed by atoms with van der Waals surface area (Å²) in [5.74, 6) is 0. The number of rotatable bonds is 2. The Bertz CT molecular complexity index is 193. The minimum atomic E-state index is 0.448. The highest BCUT2D eigenvalue weighted by Gasteiger charge is 1.86. The lowest BCUT2D eigenvalue weighted by Crippen LogP contribution is -2.10. The van der Waals surface area contributed by atoms with E-state index in [-0.39, 0.29) is 0 Å². The summed E-state index contributed by atoms with van der Waals surface area (Å²) in [4.78, 5) is 0. The molecule has 0 aliphatic carbocycles. The summed E-state index contributed by atoms with van der Waals surface area (Å²) in [6.07, 6.45) is 0. The minimum absolute atomic E-state index is 0.448. The first-order valence-corrected chi connectivity index (χ1v) is 3.12. The van der Waals surface area contributed by atoms with E-state index in [9.17, 15) is 0 Å². The topological polar surface area (TPSA) is 64.1 Å². The molecule has 0 aliphatic rings. The van der Waals surface area contributed by atoms with Crippen molar-refractivity contribution in [3.05, 3.63) is 24.3 Å². The van der Waals surface area contributed by atoms with Gasteiger partial charge in [0.2, 0.25) is 0 Å². The summed E-state index contributed by atoms with van der Waals surface area (Å²) in [7, 11) is 0. The smallest absolute Gasteiger partial charge is 0.0628 e. The van der Waals surface area contributed by atoms with Gasteiger partial charge < -0.3 is 16.8 Å². The molecule has 0 bridgehead atoms. The Morgan fingerprint density at radius 2 is 1.80 bits per heavy atom. The van der Waals surface area contributed by atoms with Crippen LogP contribution in [0.1, 0.15) is 0 Å². The van der Waals surface area contributed by atoms with Crippen molar-refractivity contribution in [2.75, 3.05) is 17.7 Å². The Hall–Kier alpha value is -1.22. The molecule has 54 valence electrons. The lowest BCUT2D eigenvalue weighted by Gasteiger charge is -2.01. The van der Waals surface area contributed by atoms with E-state index in [0.29, 0.717) is 6.67 Å². The summed E-state index contributed by atoms with van der Waals surface area (Å²) >= 11 is 0. The summed E-state index contributed by atoms with van der Waals surface area (Å²) in [5, 5.41) is 2.96. The first kappa shape index (κ1) is 6.89. The van der Waals surface area contributed by atoms with Gasteiger partial charge in [-0.2, -0.15) is 0 Å². The molecule has 3 heteroatoms. The standard InChI is InChI=1S/C7H11N3/c8-5-10-7-3-1-6(9)2-4-7/h1-4,10H,5,8-9H2. The molecule has 0 atom stereocenters. The van der Waals surface area contributed by atoms with Crippen LogP contribution in [0.2, 0.25) is 0 Å². The van der Waals surface area contributed by atoms with Gasteiger partial charge in [0, 0.05) is 11.4 Å². The lowest BCUT2D eigenvalue weighted by molar-refractivity contribution is 1.14. The van der Waals surface area contributed by atoms with Gasteiger partial charge in [0.25, 0.3) is 0 Å². The predicted octanol–water partition coefficient (Wildman–Crippen LogP) is 0.597. The van der Waals surface area contributed by atoms with Crippen LogP contribution in [-0.2, 0) is 0 Å². The Kier molecular flexibility index (Phi) is 2.12. The first-order chi connectivity index (χ1) is 4.83. The molecule has 10 heavy (non-hydrogen) atoms. The van der Waals surface area contributed by atoms with Gasteiger partial charge in [0.05, 0.1) is 6.67 Å². The van der Waals surface area contributed by atoms with E-state index in [1.54, 1.807) is 0 Å². The third kappa shape index (κ3) is 1.63. The normalized spacial score (nSPS) is 9.30. The summed E-state index contributed by atoms with van der Waals surface area (Å²) < 4.78 is 0. The van der Waals surface area contributed by atoms with Gasteiger partial charge in [-0.15, -0.1) is 0 Å². The lowest BCUT2D eigenvalue weighted by atomic mass is 10.3. The average Bonchev–Trinajstić information content (AvgIpc) is 1.95. The molecule has 1 aromatic rings. The molecule has 0 saturated heterocycles. The van der Waals surface area contributed by atoms with Gasteiger partial charge in [-0.05, 0) is 24.3 Å². The second-order valence-electron chi connectivity index (χ2n) is 2.00. The van der Waals surface area contributed by atoms with E-state index >= 15 is 0 Å². The highest BCUT2D eigenvalue weighted by atomic mass is 15.0. The van der Waals surface area contributed by atoms with Crippen molar-refractivity contribution in [2.24, 2.45) is 5.73 Å². The van der Waals surface area contributed by atoms with Gasteiger partial charge in [-0.25, -0.2) is 0 Å². The SMILES string of the molecule is NCNc1ccc(N)cc1. The van der Waals surface area contributed by atoms with E-state index in [1.807, 2.05) is 24.3 Å². The fourth-order valence-electron chi connectivity index (χ4n) is 0.719. The first-order valence-electron chi connectivity index (χ1n) is 3.12. The second kappa shape index (κ2) is 3.08. The molecule has 0 amide bonds. The number of anilines is 2. The number of hydrogen-bond acceptors (Lipinski definition) is 3. The Labute approximate surface area is 60.0 Å². The van der Waals surface area contributed by atoms with Crippen molar-refractivity contribution >= 4 is 11.4 Å². The molecule has 0 unspecified atom stereocenters. The minimum Gasteiger partial charge on any atom is -0.399 e. The monoisotopic (exact) mass is 137 g/mol. The molecule has 0 spiro atoms. The Morgan fingerprint density at radius 3 is 2.30 bits per heavy atom. The zero-order chi connectivity index (χ0) is 7.40. The van der Waals surface area contributed by atoms with Crippen LogP contribution >= 0.6 is 0 Å². The highest BCUT2D eigenvalue weighted by molar-refractivity contribution is 5.50. The van der Waals surface area contributed by atoms with Crippen LogP contribution in [0.25, 0.3) is 0 Å². The van der Waals surface area contributed by atoms with E-state index in [4.69, 9.17) is 11.5 Å². The number of nitrogen functional groups attached to an aromatic ring is 1. The summed E-state index contributed by atoms with van der Waals surface area (Å²) in [6.45, 7) is 0.448. The van der Waals surface area contributed by atoms with Crippen molar-refractivity contribution in [2.45, 2.75) is 0 Å². The van der Waals surface area contributed by atoms with E-state index in [2.05, 4.69) is 5.32 Å². The molecule has 1 aromatic carbocycles. The third-order valence-corrected chi connectivity index (χ3v) is 1.22. The number of nitrogens with two attached hydrogens (primary N) is 2. The van der Waals surface area contributed by atoms with Crippen LogP contribution in [0.4, 0.5) is 11.4 Å². The quantitative estimate of drug-likeness (QED) is 0.413. The molecule has 0 aliphatic heterocycles. The van der Waals surface area contributed by atoms with Crippen molar-refractivity contribution in [1.29, 1.82) is 0 Å². The average molecular weight is 137 g/mol. The van der Waals surface area contributed by atoms with Crippen molar-refractivity contribution in [1.82, 2.24) is 0 Å². The maximum Gasteiger partial charge on any atom is 0.0628 e. The molecule has 0 aromatic heterocycles. The van der Waals surface area contributed by atoms with E-state index in [0.717, 1.165) is 11.4 Å². The molecular formula is C7H11N3. The van der Waals surface area contributed by atoms with Crippen molar-refractivity contribution in [3.8, 4) is 0 Å². The zero-order valence-corrected chi connectivity index (χ0v) is 5.67. The van der Waals surface area contributed by atoms with Crippen LogP contribution in [0, 0.1) is 0 Å². The molecule has 3 nitrogen and oxygen atoms in total. The number of nitrogens with one attached hydrogen (secondary N) is 1. The highest BCUT2D eigenvalue weighted by Crippen LogP contribution is 2.08. The van der Waals surface area contributed by atoms with Crippen LogP contribution in [0.15, 0.2) is 24.3 Å². The second-order valence-corrected chi connectivity index (χ2v) is 2.00. The van der Waals surface area contributed by atoms with E-state index < -0.39 is 0 Å². The fourth-order valence-corrected chi connectivity index (χ4v) is 0.719. The van der Waals surface area contributed by atoms with Crippen LogP contribution in [0.5, 0.6) is 0 Å². The molecule has 0 fully saturated rings. The fraction of sp³-hybridized carbons (Fsp3) is 0.143. The van der Waals surface area contributed by atoms with Crippen molar-refractivity contribution < 1.29 is 0 Å². The Balaban J connectivity index is 2.69. The largest absolute Gasteiger partial charge is 0.399 e. The van der Waals surface area contributed by atoms with Gasteiger partial charge in [0.15, 0.2) is 0 Å². The predicted molar refractivity (Wildman–Crippen MR) is 43.5 cm³/mol. The van der Waals surface area contributed by atoms with Crippen LogP contribution < -0.4 is 16.8 Å². The molecular weight excluding hydrogens is 126 g/mol.